The van der Waals surface area contributed by atoms with Gasteiger partial charge in [0.2, 0.25) is 5.91 Å². The van der Waals surface area contributed by atoms with Gasteiger partial charge in [-0.3, -0.25) is 4.79 Å². The van der Waals surface area contributed by atoms with Crippen LogP contribution < -0.4 is 9.80 Å². The summed E-state index contributed by atoms with van der Waals surface area (Å²) in [6.07, 6.45) is 3.15. The zero-order valence-corrected chi connectivity index (χ0v) is 17.5. The van der Waals surface area contributed by atoms with E-state index in [1.165, 1.54) is 5.56 Å². The van der Waals surface area contributed by atoms with Crippen LogP contribution in [0.1, 0.15) is 25.8 Å². The summed E-state index contributed by atoms with van der Waals surface area (Å²) in [6, 6.07) is 12.0. The summed E-state index contributed by atoms with van der Waals surface area (Å²) < 4.78 is 0. The number of piperazine rings is 1. The van der Waals surface area contributed by atoms with Crippen molar-refractivity contribution >= 4 is 29.0 Å². The van der Waals surface area contributed by atoms with E-state index in [4.69, 9.17) is 11.6 Å². The number of halogens is 1. The van der Waals surface area contributed by atoms with Gasteiger partial charge in [0.1, 0.15) is 5.82 Å². The Morgan fingerprint density at radius 2 is 1.75 bits per heavy atom. The maximum atomic E-state index is 12.7. The van der Waals surface area contributed by atoms with Crippen molar-refractivity contribution in [2.24, 2.45) is 0 Å². The van der Waals surface area contributed by atoms with Crippen LogP contribution in [-0.2, 0) is 11.2 Å². The molecule has 5 nitrogen and oxygen atoms in total. The number of hydrogen-bond acceptors (Lipinski definition) is 4. The summed E-state index contributed by atoms with van der Waals surface area (Å²) in [5.41, 5.74) is 2.34. The monoisotopic (exact) mass is 400 g/mol. The Morgan fingerprint density at radius 3 is 2.39 bits per heavy atom. The third kappa shape index (κ3) is 5.16. The van der Waals surface area contributed by atoms with Gasteiger partial charge >= 0.3 is 0 Å². The van der Waals surface area contributed by atoms with Gasteiger partial charge in [0.15, 0.2) is 0 Å². The van der Waals surface area contributed by atoms with Crippen molar-refractivity contribution in [1.29, 1.82) is 0 Å². The van der Waals surface area contributed by atoms with Gasteiger partial charge in [-0.25, -0.2) is 4.98 Å². The highest BCUT2D eigenvalue weighted by Crippen LogP contribution is 2.20. The lowest BCUT2D eigenvalue weighted by Crippen LogP contribution is -2.48. The molecule has 1 aliphatic heterocycles. The Morgan fingerprint density at radius 1 is 1.07 bits per heavy atom. The molecular weight excluding hydrogens is 372 g/mol. The van der Waals surface area contributed by atoms with Crippen LogP contribution in [0.3, 0.4) is 0 Å². The molecule has 0 saturated carbocycles. The number of carbonyl (C=O) groups excluding carboxylic acids is 1. The molecule has 1 saturated heterocycles. The van der Waals surface area contributed by atoms with Crippen molar-refractivity contribution in [1.82, 2.24) is 9.88 Å². The molecule has 0 radical (unpaired) electrons. The van der Waals surface area contributed by atoms with E-state index < -0.39 is 0 Å². The molecule has 0 aliphatic carbocycles. The summed E-state index contributed by atoms with van der Waals surface area (Å²) in [5, 5.41) is 0.748. The molecule has 1 aliphatic rings. The molecular formula is C22H29ClN4O. The smallest absolute Gasteiger partial charge is 0.223 e. The topological polar surface area (TPSA) is 39.7 Å². The molecule has 0 N–H and O–H groups in total. The lowest BCUT2D eigenvalue weighted by Gasteiger charge is -2.36. The molecule has 1 aromatic heterocycles. The third-order valence-electron chi connectivity index (χ3n) is 5.35. The number of rotatable bonds is 7. The molecule has 28 heavy (non-hydrogen) atoms. The second-order valence-electron chi connectivity index (χ2n) is 7.04. The van der Waals surface area contributed by atoms with Gasteiger partial charge in [-0.15, -0.1) is 0 Å². The standard InChI is InChI=1S/C22H29ClN4O/c1-3-25(4-2)21-17-18(11-12-24-21)5-10-22(28)27-15-13-26(14-16-27)20-8-6-19(23)7-9-20/h6-9,11-12,17H,3-5,10,13-16H2,1-2H3. The highest BCUT2D eigenvalue weighted by atomic mass is 35.5. The minimum atomic E-state index is 0.233. The fraction of sp³-hybridized carbons (Fsp3) is 0.455. The quantitative estimate of drug-likeness (QED) is 0.707. The molecule has 0 atom stereocenters. The van der Waals surface area contributed by atoms with E-state index in [0.717, 1.165) is 62.2 Å². The molecule has 2 aromatic rings. The maximum absolute atomic E-state index is 12.7. The Kier molecular flexibility index (Phi) is 7.15. The first-order valence-electron chi connectivity index (χ1n) is 10.1. The van der Waals surface area contributed by atoms with Crippen LogP contribution in [0.15, 0.2) is 42.6 Å². The number of carbonyl (C=O) groups is 1. The maximum Gasteiger partial charge on any atom is 0.223 e. The van der Waals surface area contributed by atoms with E-state index in [-0.39, 0.29) is 5.91 Å². The van der Waals surface area contributed by atoms with Gasteiger partial charge in [-0.1, -0.05) is 11.6 Å². The van der Waals surface area contributed by atoms with Crippen LogP contribution in [0.4, 0.5) is 11.5 Å². The van der Waals surface area contributed by atoms with E-state index in [1.54, 1.807) is 0 Å². The van der Waals surface area contributed by atoms with Gasteiger partial charge in [0.05, 0.1) is 0 Å². The van der Waals surface area contributed by atoms with Crippen LogP contribution in [0.5, 0.6) is 0 Å². The van der Waals surface area contributed by atoms with Gasteiger partial charge in [-0.05, 0) is 62.2 Å². The van der Waals surface area contributed by atoms with Crippen molar-refractivity contribution in [3.05, 3.63) is 53.2 Å². The lowest BCUT2D eigenvalue weighted by molar-refractivity contribution is -0.131. The van der Waals surface area contributed by atoms with E-state index in [9.17, 15) is 4.79 Å². The lowest BCUT2D eigenvalue weighted by atomic mass is 10.1. The van der Waals surface area contributed by atoms with Crippen LogP contribution in [-0.4, -0.2) is 55.1 Å². The summed E-state index contributed by atoms with van der Waals surface area (Å²) >= 11 is 5.97. The third-order valence-corrected chi connectivity index (χ3v) is 5.60. The minimum absolute atomic E-state index is 0.233. The molecule has 1 fully saturated rings. The second kappa shape index (κ2) is 9.78. The molecule has 0 bridgehead atoms. The number of hydrogen-bond donors (Lipinski definition) is 0. The van der Waals surface area contributed by atoms with E-state index in [1.807, 2.05) is 41.4 Å². The highest BCUT2D eigenvalue weighted by Gasteiger charge is 2.21. The van der Waals surface area contributed by atoms with Crippen molar-refractivity contribution in [3.63, 3.8) is 0 Å². The zero-order chi connectivity index (χ0) is 19.9. The van der Waals surface area contributed by atoms with Crippen LogP contribution in [0.2, 0.25) is 5.02 Å². The number of nitrogens with zero attached hydrogens (tertiary/aromatic N) is 4. The first kappa shape index (κ1) is 20.5. The van der Waals surface area contributed by atoms with Crippen molar-refractivity contribution in [2.75, 3.05) is 49.1 Å². The predicted molar refractivity (Wildman–Crippen MR) is 116 cm³/mol. The highest BCUT2D eigenvalue weighted by molar-refractivity contribution is 6.30. The van der Waals surface area contributed by atoms with Crippen molar-refractivity contribution < 1.29 is 4.79 Å². The van der Waals surface area contributed by atoms with Crippen molar-refractivity contribution in [2.45, 2.75) is 26.7 Å². The van der Waals surface area contributed by atoms with Gasteiger partial charge in [-0.2, -0.15) is 0 Å². The molecule has 150 valence electrons. The molecule has 1 amide bonds. The van der Waals surface area contributed by atoms with Crippen LogP contribution in [0, 0.1) is 0 Å². The number of anilines is 2. The summed E-state index contributed by atoms with van der Waals surface area (Å²) in [7, 11) is 0. The average Bonchev–Trinajstić information content (AvgIpc) is 2.74. The zero-order valence-electron chi connectivity index (χ0n) is 16.8. The van der Waals surface area contributed by atoms with Crippen molar-refractivity contribution in [3.8, 4) is 0 Å². The molecule has 0 spiro atoms. The first-order valence-corrected chi connectivity index (χ1v) is 10.5. The minimum Gasteiger partial charge on any atom is -0.368 e. The fourth-order valence-corrected chi connectivity index (χ4v) is 3.74. The number of amides is 1. The SMILES string of the molecule is CCN(CC)c1cc(CCC(=O)N2CCN(c3ccc(Cl)cc3)CC2)ccn1. The summed E-state index contributed by atoms with van der Waals surface area (Å²) in [6.45, 7) is 9.37. The molecule has 3 rings (SSSR count). The average molecular weight is 401 g/mol. The number of pyridine rings is 1. The largest absolute Gasteiger partial charge is 0.368 e. The van der Waals surface area contributed by atoms with Gasteiger partial charge in [0.25, 0.3) is 0 Å². The Labute approximate surface area is 172 Å². The number of aromatic nitrogens is 1. The van der Waals surface area contributed by atoms with E-state index in [2.05, 4.69) is 34.7 Å². The molecule has 2 heterocycles. The van der Waals surface area contributed by atoms with E-state index in [0.29, 0.717) is 6.42 Å². The molecule has 1 aromatic carbocycles. The molecule has 0 unspecified atom stereocenters. The number of aryl methyl sites for hydroxylation is 1. The first-order chi connectivity index (χ1) is 13.6. The number of benzene rings is 1. The second-order valence-corrected chi connectivity index (χ2v) is 7.48. The normalized spacial score (nSPS) is 14.2. The Hall–Kier alpha value is -2.27. The Bertz CT molecular complexity index is 768. The summed E-state index contributed by atoms with van der Waals surface area (Å²) in [4.78, 5) is 23.6. The summed E-state index contributed by atoms with van der Waals surface area (Å²) in [5.74, 6) is 1.23. The van der Waals surface area contributed by atoms with E-state index >= 15 is 0 Å². The van der Waals surface area contributed by atoms with Crippen LogP contribution >= 0.6 is 11.6 Å². The Balaban J connectivity index is 1.50. The van der Waals surface area contributed by atoms with Gasteiger partial charge < -0.3 is 14.7 Å². The van der Waals surface area contributed by atoms with Crippen LogP contribution in [0.25, 0.3) is 0 Å². The van der Waals surface area contributed by atoms with Gasteiger partial charge in [0, 0.05) is 62.6 Å². The molecule has 6 heteroatoms. The predicted octanol–water partition coefficient (Wildman–Crippen LogP) is 3.86. The fourth-order valence-electron chi connectivity index (χ4n) is 3.61.